The topological polar surface area (TPSA) is 97.5 Å². The Morgan fingerprint density at radius 3 is 2.09 bits per heavy atom. The molecule has 0 aromatic carbocycles. The van der Waals surface area contributed by atoms with Crippen LogP contribution < -0.4 is 5.73 Å². The molecule has 0 aliphatic carbocycles. The third kappa shape index (κ3) is 4.70. The van der Waals surface area contributed by atoms with E-state index in [0.717, 1.165) is 6.92 Å². The Morgan fingerprint density at radius 2 is 2.09 bits per heavy atom. The molecular formula is C4H11MgNO4S. The van der Waals surface area contributed by atoms with Crippen LogP contribution in [0.1, 0.15) is 9.78 Å². The molecule has 0 aliphatic heterocycles. The number of rotatable bonds is 3. The molecule has 0 rings (SSSR count). The molecule has 7 heteroatoms. The fourth-order valence-corrected chi connectivity index (χ4v) is 1.16. The van der Waals surface area contributed by atoms with Gasteiger partial charge in [0.05, 0.1) is 0 Å². The van der Waals surface area contributed by atoms with E-state index in [2.05, 4.69) is 0 Å². The van der Waals surface area contributed by atoms with E-state index in [1.54, 1.807) is 0 Å². The summed E-state index contributed by atoms with van der Waals surface area (Å²) in [4.78, 5) is 10.4. The predicted octanol–water partition coefficient (Wildman–Crippen LogP) is -1.37. The van der Waals surface area contributed by atoms with E-state index in [9.17, 15) is 13.2 Å². The number of hydrogen-bond acceptors (Lipinski definition) is 4. The molecular weight excluding hydrogens is 182 g/mol. The molecule has 0 spiro atoms. The van der Waals surface area contributed by atoms with E-state index in [1.165, 1.54) is 0 Å². The number of hydrogen-bond donors (Lipinski definition) is 2. The molecule has 5 nitrogen and oxygen atoms in total. The van der Waals surface area contributed by atoms with Gasteiger partial charge in [0, 0.05) is 6.54 Å². The zero-order valence-corrected chi connectivity index (χ0v) is 8.38. The summed E-state index contributed by atoms with van der Waals surface area (Å²) >= 11 is 0. The molecule has 0 radical (unpaired) electrons. The number of carbonyl (C=O) groups is 1. The first kappa shape index (κ1) is 13.9. The van der Waals surface area contributed by atoms with E-state index < -0.39 is 21.2 Å². The summed E-state index contributed by atoms with van der Waals surface area (Å²) in [6.07, 6.45) is 0. The van der Waals surface area contributed by atoms with Gasteiger partial charge in [-0.1, -0.05) is 0 Å². The minimum Gasteiger partial charge on any atom is -1.00 e. The first-order valence-corrected chi connectivity index (χ1v) is 4.06. The predicted molar refractivity (Wildman–Crippen MR) is 43.1 cm³/mol. The van der Waals surface area contributed by atoms with Crippen molar-refractivity contribution in [1.29, 1.82) is 0 Å². The van der Waals surface area contributed by atoms with Crippen molar-refractivity contribution in [2.75, 3.05) is 6.54 Å². The molecule has 64 valence electrons. The second kappa shape index (κ2) is 5.04. The molecule has 0 fully saturated rings. The van der Waals surface area contributed by atoms with Gasteiger partial charge in [0.2, 0.25) is 0 Å². The summed E-state index contributed by atoms with van der Waals surface area (Å²) in [6.45, 7) is 0.680. The van der Waals surface area contributed by atoms with Crippen molar-refractivity contribution in [2.45, 2.75) is 12.2 Å². The van der Waals surface area contributed by atoms with Crippen LogP contribution >= 0.6 is 0 Å². The Hall–Kier alpha value is 0.306. The fraction of sp³-hybridized carbons (Fsp3) is 0.750. The Kier molecular flexibility index (Phi) is 6.35. The average molecular weight is 194 g/mol. The Bertz CT molecular complexity index is 232. The normalized spacial score (nSPS) is 13.4. The van der Waals surface area contributed by atoms with Crippen LogP contribution in [0, 0.1) is 0 Å². The van der Waals surface area contributed by atoms with Crippen molar-refractivity contribution in [2.24, 2.45) is 5.73 Å². The van der Waals surface area contributed by atoms with Crippen LogP contribution in [0.2, 0.25) is 0 Å². The van der Waals surface area contributed by atoms with Gasteiger partial charge in [-0.2, -0.15) is 8.42 Å². The van der Waals surface area contributed by atoms with Gasteiger partial charge in [-0.3, -0.25) is 9.35 Å². The van der Waals surface area contributed by atoms with Crippen molar-refractivity contribution < 1.29 is 20.6 Å². The Morgan fingerprint density at radius 1 is 1.73 bits per heavy atom. The maximum Gasteiger partial charge on any atom is 2.00 e. The maximum atomic E-state index is 10.4. The molecule has 0 aliphatic rings. The number of carbonyl (C=O) groups excluding carboxylic acids is 1. The van der Waals surface area contributed by atoms with Crippen LogP contribution in [0.3, 0.4) is 0 Å². The molecule has 0 heterocycles. The van der Waals surface area contributed by atoms with Crippen LogP contribution in [0.5, 0.6) is 0 Å². The number of Topliss-reactive ketones (excluding diaryl/α,β-unsaturated/α-hetero) is 1. The van der Waals surface area contributed by atoms with Crippen molar-refractivity contribution in [3.05, 3.63) is 0 Å². The maximum absolute atomic E-state index is 10.4. The van der Waals surface area contributed by atoms with E-state index in [1.807, 2.05) is 0 Å². The van der Waals surface area contributed by atoms with Crippen molar-refractivity contribution >= 4 is 39.0 Å². The van der Waals surface area contributed by atoms with Gasteiger partial charge in [0.15, 0.2) is 11.0 Å². The molecule has 3 N–H and O–H groups in total. The summed E-state index contributed by atoms with van der Waals surface area (Å²) in [5.41, 5.74) is 4.90. The Labute approximate surface area is 84.2 Å². The summed E-state index contributed by atoms with van der Waals surface area (Å²) in [7, 11) is -4.29. The summed E-state index contributed by atoms with van der Waals surface area (Å²) in [6, 6.07) is 0. The molecule has 0 saturated heterocycles. The molecule has 1 unspecified atom stereocenters. The third-order valence-corrected chi connectivity index (χ3v) is 2.27. The van der Waals surface area contributed by atoms with Crippen LogP contribution in [-0.2, 0) is 14.9 Å². The van der Waals surface area contributed by atoms with Gasteiger partial charge in [0.1, 0.15) is 0 Å². The third-order valence-electron chi connectivity index (χ3n) is 1.03. The molecule has 0 saturated carbocycles. The minimum absolute atomic E-state index is 0. The van der Waals surface area contributed by atoms with Gasteiger partial charge >= 0.3 is 23.1 Å². The average Bonchev–Trinajstić information content (AvgIpc) is 1.60. The molecule has 0 amide bonds. The summed E-state index contributed by atoms with van der Waals surface area (Å²) in [5.74, 6) is -0.648. The zero-order chi connectivity index (χ0) is 8.36. The second-order valence-electron chi connectivity index (χ2n) is 1.85. The van der Waals surface area contributed by atoms with Gasteiger partial charge in [0.25, 0.3) is 10.1 Å². The van der Waals surface area contributed by atoms with Crippen molar-refractivity contribution in [3.63, 3.8) is 0 Å². The molecule has 0 aromatic rings. The Balaban J connectivity index is -0.000000135. The van der Waals surface area contributed by atoms with Gasteiger partial charge in [-0.15, -0.1) is 0 Å². The van der Waals surface area contributed by atoms with Gasteiger partial charge in [-0.05, 0) is 6.92 Å². The largest absolute Gasteiger partial charge is 2.00 e. The van der Waals surface area contributed by atoms with Crippen LogP contribution in [0.15, 0.2) is 0 Å². The quantitative estimate of drug-likeness (QED) is 0.426. The first-order chi connectivity index (χ1) is 4.39. The molecule has 1 atom stereocenters. The van der Waals surface area contributed by atoms with E-state index in [0.29, 0.717) is 0 Å². The SMILES string of the molecule is CC(=O)C(CN)S(=O)(=O)O.[H-].[H-].[Mg+2]. The van der Waals surface area contributed by atoms with Crippen LogP contribution in [0.4, 0.5) is 0 Å². The fourth-order valence-electron chi connectivity index (χ4n) is 0.497. The van der Waals surface area contributed by atoms with Gasteiger partial charge < -0.3 is 8.59 Å². The van der Waals surface area contributed by atoms with Gasteiger partial charge in [-0.25, -0.2) is 0 Å². The number of nitrogens with two attached hydrogens (primary N) is 1. The van der Waals surface area contributed by atoms with Crippen LogP contribution in [0.25, 0.3) is 0 Å². The molecule has 0 aromatic heterocycles. The summed E-state index contributed by atoms with van der Waals surface area (Å²) in [5, 5.41) is -1.47. The minimum atomic E-state index is -4.29. The second-order valence-corrected chi connectivity index (χ2v) is 3.45. The van der Waals surface area contributed by atoms with Crippen molar-refractivity contribution in [1.82, 2.24) is 0 Å². The first-order valence-electron chi connectivity index (χ1n) is 2.56. The monoisotopic (exact) mass is 193 g/mol. The van der Waals surface area contributed by atoms with E-state index in [4.69, 9.17) is 10.3 Å². The summed E-state index contributed by atoms with van der Waals surface area (Å²) < 4.78 is 28.8. The van der Waals surface area contributed by atoms with E-state index in [-0.39, 0.29) is 32.5 Å². The van der Waals surface area contributed by atoms with E-state index >= 15 is 0 Å². The van der Waals surface area contributed by atoms with Crippen molar-refractivity contribution in [3.8, 4) is 0 Å². The van der Waals surface area contributed by atoms with Crippen LogP contribution in [-0.4, -0.2) is 53.6 Å². The zero-order valence-electron chi connectivity index (χ0n) is 8.15. The number of ketones is 1. The molecule has 0 bridgehead atoms. The smallest absolute Gasteiger partial charge is 1.00 e. The standard InChI is InChI=1S/C4H9NO4S.Mg.2H/c1-3(6)4(2-5)10(7,8)9;;;/h4H,2,5H2,1H3,(H,7,8,9);;;/q;+2;2*-1. The molecule has 11 heavy (non-hydrogen) atoms.